The number of aromatic carboxylic acids is 1. The number of hydrogen-bond acceptors (Lipinski definition) is 3. The van der Waals surface area contributed by atoms with Crippen LogP contribution in [0.15, 0.2) is 54.6 Å². The molecule has 20 heavy (non-hydrogen) atoms. The maximum atomic E-state index is 11.2. The summed E-state index contributed by atoms with van der Waals surface area (Å²) in [7, 11) is 0. The van der Waals surface area contributed by atoms with Gasteiger partial charge in [0.2, 0.25) is 0 Å². The third-order valence-electron chi connectivity index (χ3n) is 3.13. The summed E-state index contributed by atoms with van der Waals surface area (Å²) in [5.41, 5.74) is 1.71. The van der Waals surface area contributed by atoms with Crippen LogP contribution in [0, 0.1) is 0 Å². The number of aromatic hydroxyl groups is 1. The molecule has 0 radical (unpaired) electrons. The summed E-state index contributed by atoms with van der Waals surface area (Å²) in [6, 6.07) is 15.4. The SMILES string of the molecule is O=C(O)c1ccccc1-c1ccc2cccc(O)c2n1. The molecule has 0 bridgehead atoms. The molecule has 3 aromatic rings. The zero-order valence-electron chi connectivity index (χ0n) is 10.4. The van der Waals surface area contributed by atoms with Gasteiger partial charge < -0.3 is 10.2 Å². The van der Waals surface area contributed by atoms with E-state index in [-0.39, 0.29) is 11.3 Å². The second-order valence-electron chi connectivity index (χ2n) is 4.40. The molecular weight excluding hydrogens is 254 g/mol. The highest BCUT2D eigenvalue weighted by atomic mass is 16.4. The molecule has 4 heteroatoms. The predicted octanol–water partition coefficient (Wildman–Crippen LogP) is 3.31. The Kier molecular flexibility index (Phi) is 2.84. The molecule has 0 spiro atoms. The Morgan fingerprint density at radius 3 is 2.55 bits per heavy atom. The van der Waals surface area contributed by atoms with Gasteiger partial charge >= 0.3 is 5.97 Å². The number of aromatic nitrogens is 1. The Morgan fingerprint density at radius 2 is 1.75 bits per heavy atom. The molecule has 98 valence electrons. The number of rotatable bonds is 2. The lowest BCUT2D eigenvalue weighted by molar-refractivity contribution is 0.0697. The number of phenolic OH excluding ortho intramolecular Hbond substituents is 1. The number of fused-ring (bicyclic) bond motifs is 1. The molecule has 0 aliphatic heterocycles. The Morgan fingerprint density at radius 1 is 0.950 bits per heavy atom. The number of carbonyl (C=O) groups is 1. The highest BCUT2D eigenvalue weighted by Gasteiger charge is 2.12. The first-order valence-corrected chi connectivity index (χ1v) is 6.08. The van der Waals surface area contributed by atoms with Crippen molar-refractivity contribution in [1.29, 1.82) is 0 Å². The number of phenols is 1. The van der Waals surface area contributed by atoms with Crippen molar-refractivity contribution in [1.82, 2.24) is 4.98 Å². The molecule has 0 saturated heterocycles. The average Bonchev–Trinajstić information content (AvgIpc) is 2.47. The van der Waals surface area contributed by atoms with Crippen LogP contribution in [-0.4, -0.2) is 21.2 Å². The summed E-state index contributed by atoms with van der Waals surface area (Å²) in [5.74, 6) is -0.920. The fraction of sp³-hybridized carbons (Fsp3) is 0. The zero-order chi connectivity index (χ0) is 14.1. The van der Waals surface area contributed by atoms with Crippen molar-refractivity contribution in [3.63, 3.8) is 0 Å². The van der Waals surface area contributed by atoms with Crippen molar-refractivity contribution < 1.29 is 15.0 Å². The Balaban J connectivity index is 2.25. The fourth-order valence-electron chi connectivity index (χ4n) is 2.17. The Labute approximate surface area is 115 Å². The van der Waals surface area contributed by atoms with E-state index >= 15 is 0 Å². The summed E-state index contributed by atoms with van der Waals surface area (Å²) in [6.07, 6.45) is 0. The number of nitrogens with zero attached hydrogens (tertiary/aromatic N) is 1. The van der Waals surface area contributed by atoms with Gasteiger partial charge in [0.05, 0.1) is 11.3 Å². The molecule has 0 atom stereocenters. The normalized spacial score (nSPS) is 10.6. The van der Waals surface area contributed by atoms with Crippen molar-refractivity contribution in [3.05, 3.63) is 60.2 Å². The molecule has 0 fully saturated rings. The quantitative estimate of drug-likeness (QED) is 0.745. The summed E-state index contributed by atoms with van der Waals surface area (Å²) < 4.78 is 0. The van der Waals surface area contributed by atoms with Gasteiger partial charge in [-0.2, -0.15) is 0 Å². The smallest absolute Gasteiger partial charge is 0.336 e. The van der Waals surface area contributed by atoms with E-state index < -0.39 is 5.97 Å². The lowest BCUT2D eigenvalue weighted by Gasteiger charge is -2.07. The van der Waals surface area contributed by atoms with Gasteiger partial charge in [-0.1, -0.05) is 36.4 Å². The molecule has 0 saturated carbocycles. The number of pyridine rings is 1. The third kappa shape index (κ3) is 1.97. The van der Waals surface area contributed by atoms with Crippen LogP contribution in [0.1, 0.15) is 10.4 Å². The maximum Gasteiger partial charge on any atom is 0.336 e. The second-order valence-corrected chi connectivity index (χ2v) is 4.40. The number of para-hydroxylation sites is 1. The maximum absolute atomic E-state index is 11.2. The van der Waals surface area contributed by atoms with Crippen molar-refractivity contribution >= 4 is 16.9 Å². The number of carboxylic acid groups (broad SMARTS) is 1. The van der Waals surface area contributed by atoms with Crippen molar-refractivity contribution in [2.75, 3.05) is 0 Å². The van der Waals surface area contributed by atoms with Gasteiger partial charge in [-0.25, -0.2) is 9.78 Å². The van der Waals surface area contributed by atoms with Crippen LogP contribution in [0.4, 0.5) is 0 Å². The van der Waals surface area contributed by atoms with E-state index in [0.717, 1.165) is 5.39 Å². The first-order valence-electron chi connectivity index (χ1n) is 6.08. The topological polar surface area (TPSA) is 70.4 Å². The zero-order valence-corrected chi connectivity index (χ0v) is 10.4. The molecule has 0 aliphatic rings. The molecule has 1 aromatic heterocycles. The monoisotopic (exact) mass is 265 g/mol. The molecule has 0 unspecified atom stereocenters. The van der Waals surface area contributed by atoms with E-state index in [1.807, 2.05) is 12.1 Å². The van der Waals surface area contributed by atoms with E-state index in [9.17, 15) is 15.0 Å². The Hall–Kier alpha value is -2.88. The lowest BCUT2D eigenvalue weighted by atomic mass is 10.0. The minimum atomic E-state index is -1.00. The van der Waals surface area contributed by atoms with Crippen LogP contribution in [0.25, 0.3) is 22.2 Å². The molecule has 3 rings (SSSR count). The van der Waals surface area contributed by atoms with Crippen LogP contribution in [0.2, 0.25) is 0 Å². The van der Waals surface area contributed by atoms with Crippen LogP contribution in [0.5, 0.6) is 5.75 Å². The van der Waals surface area contributed by atoms with Gasteiger partial charge in [0.25, 0.3) is 0 Å². The summed E-state index contributed by atoms with van der Waals surface area (Å²) in [5, 5.41) is 19.9. The first-order chi connectivity index (χ1) is 9.66. The molecule has 0 aliphatic carbocycles. The van der Waals surface area contributed by atoms with Gasteiger partial charge in [-0.15, -0.1) is 0 Å². The molecule has 2 aromatic carbocycles. The van der Waals surface area contributed by atoms with Crippen LogP contribution in [-0.2, 0) is 0 Å². The van der Waals surface area contributed by atoms with Gasteiger partial charge in [-0.05, 0) is 18.2 Å². The van der Waals surface area contributed by atoms with Crippen molar-refractivity contribution in [2.45, 2.75) is 0 Å². The van der Waals surface area contributed by atoms with Crippen molar-refractivity contribution in [2.24, 2.45) is 0 Å². The van der Waals surface area contributed by atoms with E-state index in [0.29, 0.717) is 16.8 Å². The standard InChI is InChI=1S/C16H11NO3/c18-14-7-3-4-10-8-9-13(17-15(10)14)11-5-1-2-6-12(11)16(19)20/h1-9,18H,(H,19,20). The number of benzene rings is 2. The van der Waals surface area contributed by atoms with Gasteiger partial charge in [0.15, 0.2) is 0 Å². The van der Waals surface area contributed by atoms with Crippen molar-refractivity contribution in [3.8, 4) is 17.0 Å². The fourth-order valence-corrected chi connectivity index (χ4v) is 2.17. The van der Waals surface area contributed by atoms with Gasteiger partial charge in [-0.3, -0.25) is 0 Å². The lowest BCUT2D eigenvalue weighted by Crippen LogP contribution is -2.00. The first kappa shape index (κ1) is 12.2. The number of carboxylic acids is 1. The highest BCUT2D eigenvalue weighted by molar-refractivity contribution is 5.96. The summed E-state index contributed by atoms with van der Waals surface area (Å²) in [4.78, 5) is 15.6. The minimum absolute atomic E-state index is 0.0807. The van der Waals surface area contributed by atoms with Crippen LogP contribution in [0.3, 0.4) is 0 Å². The molecule has 4 nitrogen and oxygen atoms in total. The largest absolute Gasteiger partial charge is 0.506 e. The van der Waals surface area contributed by atoms with E-state index in [2.05, 4.69) is 4.98 Å². The summed E-state index contributed by atoms with van der Waals surface area (Å²) >= 11 is 0. The molecule has 1 heterocycles. The minimum Gasteiger partial charge on any atom is -0.506 e. The Bertz CT molecular complexity index is 812. The van der Waals surface area contributed by atoms with E-state index in [1.165, 1.54) is 6.07 Å². The third-order valence-corrected chi connectivity index (χ3v) is 3.13. The molecule has 0 amide bonds. The van der Waals surface area contributed by atoms with Gasteiger partial charge in [0.1, 0.15) is 11.3 Å². The predicted molar refractivity (Wildman–Crippen MR) is 75.8 cm³/mol. The van der Waals surface area contributed by atoms with Crippen LogP contribution < -0.4 is 0 Å². The van der Waals surface area contributed by atoms with E-state index in [1.54, 1.807) is 36.4 Å². The van der Waals surface area contributed by atoms with E-state index in [4.69, 9.17) is 0 Å². The molecule has 2 N–H and O–H groups in total. The summed E-state index contributed by atoms with van der Waals surface area (Å²) in [6.45, 7) is 0. The highest BCUT2D eigenvalue weighted by Crippen LogP contribution is 2.28. The van der Waals surface area contributed by atoms with Crippen LogP contribution >= 0.6 is 0 Å². The average molecular weight is 265 g/mol. The molecular formula is C16H11NO3. The van der Waals surface area contributed by atoms with Gasteiger partial charge in [0, 0.05) is 10.9 Å². The number of hydrogen-bond donors (Lipinski definition) is 2. The second kappa shape index (κ2) is 4.66.